The van der Waals surface area contributed by atoms with Gasteiger partial charge in [0, 0.05) is 5.56 Å². The van der Waals surface area contributed by atoms with Crippen molar-refractivity contribution < 1.29 is 24.9 Å². The lowest BCUT2D eigenvalue weighted by Gasteiger charge is -2.22. The molecular formula is C14H15O4-. The van der Waals surface area contributed by atoms with Crippen molar-refractivity contribution in [3.8, 4) is 0 Å². The average Bonchev–Trinajstić information content (AvgIpc) is 2.49. The molecule has 1 fully saturated rings. The van der Waals surface area contributed by atoms with E-state index in [2.05, 4.69) is 0 Å². The molecule has 1 aliphatic rings. The third-order valence-corrected chi connectivity index (χ3v) is 2.92. The lowest BCUT2D eigenvalue weighted by Crippen LogP contribution is -2.27. The smallest absolute Gasteiger partial charge is 0.339 e. The van der Waals surface area contributed by atoms with Crippen LogP contribution in [-0.2, 0) is 4.74 Å². The first-order valence-electron chi connectivity index (χ1n) is 7.87. The molecule has 0 amide bonds. The maximum Gasteiger partial charge on any atom is 0.339 e. The predicted molar refractivity (Wildman–Crippen MR) is 63.1 cm³/mol. The SMILES string of the molecule is [2H]c1c([2H])c([2H])c(C(=O)OC2CCCCC2)c(C(=O)[O-])c1[2H]. The fraction of sp³-hybridized carbons (Fsp3) is 0.429. The fourth-order valence-corrected chi connectivity index (χ4v) is 2.01. The zero-order valence-corrected chi connectivity index (χ0v) is 9.75. The fourth-order valence-electron chi connectivity index (χ4n) is 2.01. The van der Waals surface area contributed by atoms with Crippen LogP contribution < -0.4 is 5.11 Å². The van der Waals surface area contributed by atoms with Gasteiger partial charge in [0.1, 0.15) is 6.10 Å². The van der Waals surface area contributed by atoms with E-state index in [9.17, 15) is 14.7 Å². The number of carbonyl (C=O) groups is 2. The molecule has 1 saturated carbocycles. The highest BCUT2D eigenvalue weighted by Gasteiger charge is 2.20. The largest absolute Gasteiger partial charge is 0.545 e. The Balaban J connectivity index is 2.44. The first-order chi connectivity index (χ1) is 10.3. The summed E-state index contributed by atoms with van der Waals surface area (Å²) in [5.41, 5.74) is -1.52. The van der Waals surface area contributed by atoms with Gasteiger partial charge in [0.25, 0.3) is 0 Å². The van der Waals surface area contributed by atoms with E-state index in [-0.39, 0.29) is 6.10 Å². The van der Waals surface area contributed by atoms with Crippen molar-refractivity contribution in [2.45, 2.75) is 38.2 Å². The summed E-state index contributed by atoms with van der Waals surface area (Å²) < 4.78 is 35.6. The number of benzene rings is 1. The van der Waals surface area contributed by atoms with Crippen LogP contribution in [0.2, 0.25) is 0 Å². The van der Waals surface area contributed by atoms with Gasteiger partial charge in [-0.3, -0.25) is 0 Å². The van der Waals surface area contributed by atoms with Crippen molar-refractivity contribution in [2.24, 2.45) is 0 Å². The van der Waals surface area contributed by atoms with Crippen LogP contribution in [0.3, 0.4) is 0 Å². The summed E-state index contributed by atoms with van der Waals surface area (Å²) in [6.45, 7) is 0. The molecular weight excluding hydrogens is 232 g/mol. The van der Waals surface area contributed by atoms with Gasteiger partial charge in [0.15, 0.2) is 0 Å². The molecule has 0 atom stereocenters. The van der Waals surface area contributed by atoms with Gasteiger partial charge >= 0.3 is 5.97 Å². The van der Waals surface area contributed by atoms with Crippen LogP contribution >= 0.6 is 0 Å². The summed E-state index contributed by atoms with van der Waals surface area (Å²) >= 11 is 0. The van der Waals surface area contributed by atoms with E-state index in [0.29, 0.717) is 12.8 Å². The molecule has 18 heavy (non-hydrogen) atoms. The van der Waals surface area contributed by atoms with E-state index < -0.39 is 47.2 Å². The number of rotatable bonds is 3. The van der Waals surface area contributed by atoms with Crippen molar-refractivity contribution in [3.63, 3.8) is 0 Å². The van der Waals surface area contributed by atoms with Crippen molar-refractivity contribution >= 4 is 11.9 Å². The summed E-state index contributed by atoms with van der Waals surface area (Å²) in [4.78, 5) is 23.4. The summed E-state index contributed by atoms with van der Waals surface area (Å²) in [5.74, 6) is -2.87. The van der Waals surface area contributed by atoms with E-state index in [0.717, 1.165) is 19.3 Å². The molecule has 4 heteroatoms. The highest BCUT2D eigenvalue weighted by Crippen LogP contribution is 2.22. The molecule has 0 N–H and O–H groups in total. The van der Waals surface area contributed by atoms with Crippen LogP contribution in [0.15, 0.2) is 24.2 Å². The topological polar surface area (TPSA) is 66.4 Å². The summed E-state index contributed by atoms with van der Waals surface area (Å²) in [6, 6.07) is -2.93. The number of carboxylic acid groups (broad SMARTS) is 1. The third kappa shape index (κ3) is 2.88. The van der Waals surface area contributed by atoms with Crippen molar-refractivity contribution in [2.75, 3.05) is 0 Å². The van der Waals surface area contributed by atoms with Gasteiger partial charge in [0.05, 0.1) is 17.0 Å². The standard InChI is InChI=1S/C14H16O4/c15-13(16)11-8-4-5-9-12(11)14(17)18-10-6-2-1-3-7-10/h4-5,8-10H,1-3,6-7H2,(H,15,16)/p-1/i4D,5D,8D,9D. The molecule has 0 saturated heterocycles. The Morgan fingerprint density at radius 1 is 1.17 bits per heavy atom. The summed E-state index contributed by atoms with van der Waals surface area (Å²) in [6.07, 6.45) is 3.82. The van der Waals surface area contributed by atoms with Crippen LogP contribution in [0, 0.1) is 0 Å². The molecule has 1 aliphatic carbocycles. The lowest BCUT2D eigenvalue weighted by molar-refractivity contribution is -0.255. The number of esters is 1. The van der Waals surface area contributed by atoms with Gasteiger partial charge in [-0.25, -0.2) is 4.79 Å². The van der Waals surface area contributed by atoms with Crippen molar-refractivity contribution in [1.82, 2.24) is 0 Å². The van der Waals surface area contributed by atoms with Crippen LogP contribution in [0.1, 0.15) is 58.3 Å². The molecule has 0 heterocycles. The Hall–Kier alpha value is -1.84. The number of hydrogen-bond acceptors (Lipinski definition) is 4. The average molecular weight is 251 g/mol. The number of ether oxygens (including phenoxy) is 1. The summed E-state index contributed by atoms with van der Waals surface area (Å²) in [5, 5.41) is 11.2. The molecule has 0 spiro atoms. The second kappa shape index (κ2) is 5.67. The molecule has 1 aromatic rings. The second-order valence-electron chi connectivity index (χ2n) is 4.20. The molecule has 2 rings (SSSR count). The Morgan fingerprint density at radius 2 is 1.78 bits per heavy atom. The van der Waals surface area contributed by atoms with Crippen molar-refractivity contribution in [1.29, 1.82) is 0 Å². The highest BCUT2D eigenvalue weighted by atomic mass is 16.5. The molecule has 0 aromatic heterocycles. The van der Waals surface area contributed by atoms with Gasteiger partial charge in [-0.1, -0.05) is 24.5 Å². The van der Waals surface area contributed by atoms with Gasteiger partial charge < -0.3 is 14.6 Å². The third-order valence-electron chi connectivity index (χ3n) is 2.92. The van der Waals surface area contributed by atoms with E-state index in [1.54, 1.807) is 0 Å². The van der Waals surface area contributed by atoms with E-state index in [4.69, 9.17) is 10.2 Å². The molecule has 1 aromatic carbocycles. The predicted octanol–water partition coefficient (Wildman–Crippen LogP) is 1.54. The first-order valence-corrected chi connectivity index (χ1v) is 5.87. The molecule has 0 bridgehead atoms. The molecule has 0 aliphatic heterocycles. The first kappa shape index (κ1) is 8.29. The Bertz CT molecular complexity index is 624. The zero-order valence-electron chi connectivity index (χ0n) is 13.7. The van der Waals surface area contributed by atoms with Crippen molar-refractivity contribution in [3.05, 3.63) is 35.3 Å². The summed E-state index contributed by atoms with van der Waals surface area (Å²) in [7, 11) is 0. The number of aromatic carboxylic acids is 1. The number of carboxylic acids is 1. The molecule has 0 unspecified atom stereocenters. The van der Waals surface area contributed by atoms with Crippen LogP contribution in [0.4, 0.5) is 0 Å². The number of hydrogen-bond donors (Lipinski definition) is 0. The Labute approximate surface area is 111 Å². The lowest BCUT2D eigenvalue weighted by atomic mass is 9.97. The minimum atomic E-state index is -1.83. The zero-order chi connectivity index (χ0) is 16.4. The maximum absolute atomic E-state index is 12.2. The molecule has 0 radical (unpaired) electrons. The van der Waals surface area contributed by atoms with E-state index >= 15 is 0 Å². The Morgan fingerprint density at radius 3 is 2.39 bits per heavy atom. The molecule has 96 valence electrons. The van der Waals surface area contributed by atoms with Gasteiger partial charge in [0.2, 0.25) is 0 Å². The Kier molecular flexibility index (Phi) is 2.61. The van der Waals surface area contributed by atoms with Gasteiger partial charge in [-0.15, -0.1) is 0 Å². The van der Waals surface area contributed by atoms with Gasteiger partial charge in [-0.2, -0.15) is 0 Å². The highest BCUT2D eigenvalue weighted by molar-refractivity contribution is 6.01. The monoisotopic (exact) mass is 251 g/mol. The van der Waals surface area contributed by atoms with Crippen LogP contribution in [-0.4, -0.2) is 18.0 Å². The number of carbonyl (C=O) groups excluding carboxylic acids is 2. The van der Waals surface area contributed by atoms with Crippen LogP contribution in [0.5, 0.6) is 0 Å². The van der Waals surface area contributed by atoms with Gasteiger partial charge in [-0.05, 0) is 31.7 Å². The van der Waals surface area contributed by atoms with Crippen LogP contribution in [0.25, 0.3) is 0 Å². The second-order valence-corrected chi connectivity index (χ2v) is 4.20. The maximum atomic E-state index is 12.2. The quantitative estimate of drug-likeness (QED) is 0.764. The minimum absolute atomic E-state index is 0.353. The normalized spacial score (nSPS) is 19.3. The minimum Gasteiger partial charge on any atom is -0.545 e. The van der Waals surface area contributed by atoms with E-state index in [1.807, 2.05) is 0 Å². The molecule has 4 nitrogen and oxygen atoms in total. The van der Waals surface area contributed by atoms with E-state index in [1.165, 1.54) is 0 Å².